The van der Waals surface area contributed by atoms with Gasteiger partial charge in [0, 0.05) is 28.7 Å². The number of anilines is 1. The monoisotopic (exact) mass is 438 g/mol. The third kappa shape index (κ3) is 5.29. The van der Waals surface area contributed by atoms with Gasteiger partial charge in [0.2, 0.25) is 15.9 Å². The number of carbonyl (C=O) groups excluding carboxylic acids is 1. The van der Waals surface area contributed by atoms with E-state index in [1.54, 1.807) is 36.0 Å². The van der Waals surface area contributed by atoms with Crippen LogP contribution in [-0.2, 0) is 20.6 Å². The molecule has 5 nitrogen and oxygen atoms in total. The fourth-order valence-corrected chi connectivity index (χ4v) is 5.64. The summed E-state index contributed by atoms with van der Waals surface area (Å²) in [5, 5.41) is 3.36. The number of hydrogen-bond donors (Lipinski definition) is 1. The summed E-state index contributed by atoms with van der Waals surface area (Å²) in [5.41, 5.74) is 1.30. The highest BCUT2D eigenvalue weighted by atomic mass is 35.5. The number of sulfonamides is 1. The summed E-state index contributed by atoms with van der Waals surface area (Å²) in [6.07, 6.45) is 3.31. The summed E-state index contributed by atoms with van der Waals surface area (Å²) in [4.78, 5) is 13.8. The van der Waals surface area contributed by atoms with Crippen LogP contribution in [0.15, 0.2) is 53.4 Å². The Bertz CT molecular complexity index is 950. The molecule has 0 aliphatic carbocycles. The standard InChI is InChI=1S/C20H23ClN2O3S2/c1-27-18-9-4-8-17(12-18)22-20(24)15-7-5-11-23(13-15)28(25,26)14-16-6-2-3-10-19(16)21/h2-4,6,8-10,12,15H,5,7,11,13-14H2,1H3,(H,22,24)/t15-/m1/s1. The zero-order chi connectivity index (χ0) is 20.1. The van der Waals surface area contributed by atoms with Gasteiger partial charge in [-0.05, 0) is 48.9 Å². The molecule has 0 saturated carbocycles. The van der Waals surface area contributed by atoms with Gasteiger partial charge >= 0.3 is 0 Å². The third-order valence-electron chi connectivity index (χ3n) is 4.78. The van der Waals surface area contributed by atoms with Crippen molar-refractivity contribution in [2.45, 2.75) is 23.5 Å². The SMILES string of the molecule is CSc1cccc(NC(=O)[C@@H]2CCCN(S(=O)(=O)Cc3ccccc3Cl)C2)c1. The van der Waals surface area contributed by atoms with E-state index in [-0.39, 0.29) is 24.1 Å². The molecule has 1 saturated heterocycles. The number of piperidine rings is 1. The average Bonchev–Trinajstić information content (AvgIpc) is 2.70. The fraction of sp³-hybridized carbons (Fsp3) is 0.350. The van der Waals surface area contributed by atoms with E-state index < -0.39 is 10.0 Å². The highest BCUT2D eigenvalue weighted by molar-refractivity contribution is 7.98. The van der Waals surface area contributed by atoms with Crippen LogP contribution in [0.2, 0.25) is 5.02 Å². The molecular weight excluding hydrogens is 416 g/mol. The summed E-state index contributed by atoms with van der Waals surface area (Å²) < 4.78 is 27.1. The summed E-state index contributed by atoms with van der Waals surface area (Å²) >= 11 is 7.72. The molecule has 2 aromatic carbocycles. The highest BCUT2D eigenvalue weighted by Crippen LogP contribution is 2.26. The van der Waals surface area contributed by atoms with Crippen LogP contribution >= 0.6 is 23.4 Å². The number of rotatable bonds is 6. The second-order valence-corrected chi connectivity index (χ2v) is 10.0. The summed E-state index contributed by atoms with van der Waals surface area (Å²) in [5.74, 6) is -0.667. The molecule has 150 valence electrons. The quantitative estimate of drug-likeness (QED) is 0.685. The minimum Gasteiger partial charge on any atom is -0.326 e. The number of benzene rings is 2. The van der Waals surface area contributed by atoms with E-state index in [1.165, 1.54) is 4.31 Å². The van der Waals surface area contributed by atoms with Crippen LogP contribution in [0.3, 0.4) is 0 Å². The van der Waals surface area contributed by atoms with Crippen LogP contribution in [0.25, 0.3) is 0 Å². The number of amides is 1. The average molecular weight is 439 g/mol. The summed E-state index contributed by atoms with van der Waals surface area (Å²) in [6, 6.07) is 14.6. The van der Waals surface area contributed by atoms with Crippen molar-refractivity contribution < 1.29 is 13.2 Å². The Morgan fingerprint density at radius 3 is 2.79 bits per heavy atom. The number of halogens is 1. The molecule has 1 N–H and O–H groups in total. The predicted octanol–water partition coefficient (Wildman–Crippen LogP) is 4.24. The normalized spacial score (nSPS) is 18.0. The minimum absolute atomic E-state index is 0.143. The Morgan fingerprint density at radius 2 is 2.04 bits per heavy atom. The Labute approximate surface area is 175 Å². The van der Waals surface area contributed by atoms with Gasteiger partial charge in [0.05, 0.1) is 11.7 Å². The zero-order valence-corrected chi connectivity index (χ0v) is 18.0. The van der Waals surface area contributed by atoms with Crippen LogP contribution in [0.4, 0.5) is 5.69 Å². The first-order valence-corrected chi connectivity index (χ1v) is 12.3. The van der Waals surface area contributed by atoms with Gasteiger partial charge in [0.25, 0.3) is 0 Å². The van der Waals surface area contributed by atoms with Crippen molar-refractivity contribution in [2.75, 3.05) is 24.7 Å². The first-order valence-electron chi connectivity index (χ1n) is 9.05. The van der Waals surface area contributed by atoms with E-state index in [9.17, 15) is 13.2 Å². The molecule has 1 atom stereocenters. The molecule has 0 radical (unpaired) electrons. The van der Waals surface area contributed by atoms with Crippen molar-refractivity contribution in [1.29, 1.82) is 0 Å². The second-order valence-electron chi connectivity index (χ2n) is 6.77. The van der Waals surface area contributed by atoms with Crippen LogP contribution in [-0.4, -0.2) is 38.0 Å². The maximum absolute atomic E-state index is 12.9. The van der Waals surface area contributed by atoms with Crippen LogP contribution in [0.1, 0.15) is 18.4 Å². The number of thioether (sulfide) groups is 1. The fourth-order valence-electron chi connectivity index (χ4n) is 3.26. The number of nitrogens with zero attached hydrogens (tertiary/aromatic N) is 1. The van der Waals surface area contributed by atoms with E-state index in [0.29, 0.717) is 30.0 Å². The molecule has 0 unspecified atom stereocenters. The van der Waals surface area contributed by atoms with Gasteiger partial charge in [0.1, 0.15) is 0 Å². The Hall–Kier alpha value is -1.54. The molecule has 0 aromatic heterocycles. The highest BCUT2D eigenvalue weighted by Gasteiger charge is 2.32. The molecule has 0 spiro atoms. The van der Waals surface area contributed by atoms with E-state index >= 15 is 0 Å². The van der Waals surface area contributed by atoms with Crippen LogP contribution in [0, 0.1) is 5.92 Å². The van der Waals surface area contributed by atoms with Crippen molar-refractivity contribution in [3.63, 3.8) is 0 Å². The zero-order valence-electron chi connectivity index (χ0n) is 15.6. The van der Waals surface area contributed by atoms with Crippen molar-refractivity contribution in [2.24, 2.45) is 5.92 Å². The number of hydrogen-bond acceptors (Lipinski definition) is 4. The van der Waals surface area contributed by atoms with E-state index in [0.717, 1.165) is 10.6 Å². The van der Waals surface area contributed by atoms with Crippen LogP contribution in [0.5, 0.6) is 0 Å². The molecule has 1 heterocycles. The van der Waals surface area contributed by atoms with Gasteiger partial charge in [-0.2, -0.15) is 0 Å². The lowest BCUT2D eigenvalue weighted by atomic mass is 9.99. The first kappa shape index (κ1) is 21.2. The Balaban J connectivity index is 1.67. The van der Waals surface area contributed by atoms with E-state index in [4.69, 9.17) is 11.6 Å². The van der Waals surface area contributed by atoms with Gasteiger partial charge in [-0.15, -0.1) is 11.8 Å². The Morgan fingerprint density at radius 1 is 1.25 bits per heavy atom. The molecule has 1 amide bonds. The number of nitrogens with one attached hydrogen (secondary N) is 1. The predicted molar refractivity (Wildman–Crippen MR) is 115 cm³/mol. The van der Waals surface area contributed by atoms with Crippen molar-refractivity contribution in [3.05, 3.63) is 59.1 Å². The molecule has 3 rings (SSSR count). The van der Waals surface area contributed by atoms with E-state index in [2.05, 4.69) is 5.32 Å². The van der Waals surface area contributed by atoms with Gasteiger partial charge in [-0.1, -0.05) is 35.9 Å². The molecule has 8 heteroatoms. The molecule has 2 aromatic rings. The van der Waals surface area contributed by atoms with Gasteiger partial charge in [0.15, 0.2) is 0 Å². The molecule has 1 aliphatic heterocycles. The number of carbonyl (C=O) groups is 1. The summed E-state index contributed by atoms with van der Waals surface area (Å²) in [6.45, 7) is 0.624. The largest absolute Gasteiger partial charge is 0.326 e. The Kier molecular flexibility index (Phi) is 7.04. The smallest absolute Gasteiger partial charge is 0.228 e. The lowest BCUT2D eigenvalue weighted by Gasteiger charge is -2.31. The molecule has 28 heavy (non-hydrogen) atoms. The first-order chi connectivity index (χ1) is 13.4. The minimum atomic E-state index is -3.54. The lowest BCUT2D eigenvalue weighted by molar-refractivity contribution is -0.120. The van der Waals surface area contributed by atoms with Crippen molar-refractivity contribution in [1.82, 2.24) is 4.31 Å². The van der Waals surface area contributed by atoms with Crippen LogP contribution < -0.4 is 5.32 Å². The molecule has 1 aliphatic rings. The molecule has 1 fully saturated rings. The topological polar surface area (TPSA) is 66.5 Å². The van der Waals surface area contributed by atoms with Crippen molar-refractivity contribution >= 4 is 45.0 Å². The van der Waals surface area contributed by atoms with E-state index in [1.807, 2.05) is 30.5 Å². The van der Waals surface area contributed by atoms with Gasteiger partial charge in [-0.3, -0.25) is 4.79 Å². The maximum Gasteiger partial charge on any atom is 0.228 e. The maximum atomic E-state index is 12.9. The van der Waals surface area contributed by atoms with Crippen molar-refractivity contribution in [3.8, 4) is 0 Å². The third-order valence-corrected chi connectivity index (χ3v) is 7.67. The molecular formula is C20H23ClN2O3S2. The molecule has 0 bridgehead atoms. The van der Waals surface area contributed by atoms with Gasteiger partial charge in [-0.25, -0.2) is 12.7 Å². The summed E-state index contributed by atoms with van der Waals surface area (Å²) in [7, 11) is -3.54. The second kappa shape index (κ2) is 9.31. The van der Waals surface area contributed by atoms with Gasteiger partial charge < -0.3 is 5.32 Å². The lowest BCUT2D eigenvalue weighted by Crippen LogP contribution is -2.44.